The number of aromatic nitrogens is 1. The fourth-order valence-corrected chi connectivity index (χ4v) is 3.27. The molecule has 24 heavy (non-hydrogen) atoms. The van der Waals surface area contributed by atoms with Gasteiger partial charge in [-0.2, -0.15) is 5.26 Å². The van der Waals surface area contributed by atoms with Crippen molar-refractivity contribution >= 4 is 17.5 Å². The summed E-state index contributed by atoms with van der Waals surface area (Å²) in [6.07, 6.45) is 1.57. The minimum atomic E-state index is 0.00680. The molecule has 0 fully saturated rings. The van der Waals surface area contributed by atoms with Crippen LogP contribution in [0.5, 0.6) is 0 Å². The van der Waals surface area contributed by atoms with Crippen molar-refractivity contribution in [3.05, 3.63) is 71.6 Å². The fourth-order valence-electron chi connectivity index (χ4n) is 2.32. The number of carbonyl (C=O) groups is 1. The molecule has 1 aromatic carbocycles. The minimum Gasteiger partial charge on any atom is -0.464 e. The first kappa shape index (κ1) is 16.0. The summed E-state index contributed by atoms with van der Waals surface area (Å²) >= 11 is 1.28. The van der Waals surface area contributed by atoms with Gasteiger partial charge in [-0.15, -0.1) is 0 Å². The zero-order chi connectivity index (χ0) is 16.9. The molecule has 5 heteroatoms. The monoisotopic (exact) mass is 334 g/mol. The Labute approximate surface area is 144 Å². The van der Waals surface area contributed by atoms with Crippen molar-refractivity contribution in [2.75, 3.05) is 5.75 Å². The van der Waals surface area contributed by atoms with Gasteiger partial charge in [0.05, 0.1) is 17.6 Å². The number of aryl methyl sites for hydroxylation is 1. The van der Waals surface area contributed by atoms with Crippen molar-refractivity contribution in [2.45, 2.75) is 11.9 Å². The molecule has 0 saturated heterocycles. The number of benzene rings is 1. The van der Waals surface area contributed by atoms with Gasteiger partial charge in [0.1, 0.15) is 16.9 Å². The maximum atomic E-state index is 12.3. The van der Waals surface area contributed by atoms with Gasteiger partial charge >= 0.3 is 0 Å². The Bertz CT molecular complexity index is 897. The summed E-state index contributed by atoms with van der Waals surface area (Å²) in [6, 6.07) is 16.7. The molecule has 3 rings (SSSR count). The Morgan fingerprint density at radius 1 is 1.25 bits per heavy atom. The molecule has 0 radical (unpaired) electrons. The minimum absolute atomic E-state index is 0.00680. The molecule has 2 aromatic heterocycles. The lowest BCUT2D eigenvalue weighted by Crippen LogP contribution is -2.03. The highest BCUT2D eigenvalue weighted by atomic mass is 32.2. The Hall–Kier alpha value is -2.84. The van der Waals surface area contributed by atoms with Crippen molar-refractivity contribution in [3.63, 3.8) is 0 Å². The molecule has 0 spiro atoms. The van der Waals surface area contributed by atoms with Crippen LogP contribution in [0, 0.1) is 18.3 Å². The first-order chi connectivity index (χ1) is 11.7. The van der Waals surface area contributed by atoms with Crippen LogP contribution in [0.3, 0.4) is 0 Å². The zero-order valence-electron chi connectivity index (χ0n) is 13.0. The third-order valence-corrected chi connectivity index (χ3v) is 4.42. The van der Waals surface area contributed by atoms with E-state index in [0.717, 1.165) is 5.69 Å². The summed E-state index contributed by atoms with van der Waals surface area (Å²) in [5, 5.41) is 10.1. The number of Topliss-reactive ketones (excluding diaryl/α,β-unsaturated/α-hetero) is 1. The van der Waals surface area contributed by atoms with Crippen molar-refractivity contribution < 1.29 is 9.21 Å². The van der Waals surface area contributed by atoms with Gasteiger partial charge in [-0.05, 0) is 25.1 Å². The Balaban J connectivity index is 1.88. The first-order valence-corrected chi connectivity index (χ1v) is 8.34. The van der Waals surface area contributed by atoms with E-state index in [2.05, 4.69) is 11.1 Å². The molecule has 0 unspecified atom stereocenters. The van der Waals surface area contributed by atoms with E-state index >= 15 is 0 Å². The van der Waals surface area contributed by atoms with Gasteiger partial charge in [0, 0.05) is 16.8 Å². The Morgan fingerprint density at radius 3 is 2.71 bits per heavy atom. The largest absolute Gasteiger partial charge is 0.464 e. The number of rotatable bonds is 5. The number of hydrogen-bond acceptors (Lipinski definition) is 5. The summed E-state index contributed by atoms with van der Waals surface area (Å²) in [5.41, 5.74) is 2.56. The number of furan rings is 1. The van der Waals surface area contributed by atoms with E-state index in [9.17, 15) is 10.1 Å². The smallest absolute Gasteiger partial charge is 0.173 e. The number of nitriles is 1. The predicted octanol–water partition coefficient (Wildman–Crippen LogP) is 4.50. The molecule has 0 saturated carbocycles. The number of ketones is 1. The van der Waals surface area contributed by atoms with Gasteiger partial charge < -0.3 is 4.42 Å². The second kappa shape index (κ2) is 7.16. The molecular formula is C19H14N2O2S. The third-order valence-electron chi connectivity index (χ3n) is 3.45. The van der Waals surface area contributed by atoms with Crippen LogP contribution in [-0.2, 0) is 0 Å². The number of thioether (sulfide) groups is 1. The molecule has 0 aliphatic rings. The topological polar surface area (TPSA) is 66.9 Å². The third kappa shape index (κ3) is 3.39. The Morgan fingerprint density at radius 2 is 2.04 bits per heavy atom. The molecule has 0 aliphatic carbocycles. The molecule has 2 heterocycles. The van der Waals surface area contributed by atoms with E-state index in [4.69, 9.17) is 4.42 Å². The van der Waals surface area contributed by atoms with Gasteiger partial charge in [0.25, 0.3) is 0 Å². The zero-order valence-corrected chi connectivity index (χ0v) is 13.8. The predicted molar refractivity (Wildman–Crippen MR) is 92.9 cm³/mol. The highest BCUT2D eigenvalue weighted by Gasteiger charge is 2.16. The van der Waals surface area contributed by atoms with Crippen LogP contribution in [0.2, 0.25) is 0 Å². The number of pyridine rings is 1. The van der Waals surface area contributed by atoms with Crippen molar-refractivity contribution in [3.8, 4) is 17.4 Å². The molecule has 3 aromatic rings. The van der Waals surface area contributed by atoms with Crippen LogP contribution in [0.4, 0.5) is 0 Å². The lowest BCUT2D eigenvalue weighted by molar-refractivity contribution is 0.102. The number of hydrogen-bond donors (Lipinski definition) is 0. The lowest BCUT2D eigenvalue weighted by atomic mass is 10.1. The molecule has 118 valence electrons. The first-order valence-electron chi connectivity index (χ1n) is 7.35. The molecule has 4 nitrogen and oxygen atoms in total. The molecule has 0 bridgehead atoms. The van der Waals surface area contributed by atoms with Crippen LogP contribution in [0.1, 0.15) is 21.6 Å². The van der Waals surface area contributed by atoms with E-state index in [0.29, 0.717) is 27.5 Å². The van der Waals surface area contributed by atoms with Crippen LogP contribution >= 0.6 is 11.8 Å². The fraction of sp³-hybridized carbons (Fsp3) is 0.105. The van der Waals surface area contributed by atoms with E-state index in [1.807, 2.05) is 31.2 Å². The summed E-state index contributed by atoms with van der Waals surface area (Å²) < 4.78 is 5.41. The lowest BCUT2D eigenvalue weighted by Gasteiger charge is -2.08. The standard InChI is InChI=1S/C19H14N2O2S/c1-13-10-15(18-8-5-9-23-18)16(11-20)19(21-13)24-12-17(22)14-6-3-2-4-7-14/h2-10H,12H2,1H3. The number of carbonyl (C=O) groups excluding carboxylic acids is 1. The molecule has 0 amide bonds. The van der Waals surface area contributed by atoms with Crippen molar-refractivity contribution in [1.82, 2.24) is 4.98 Å². The van der Waals surface area contributed by atoms with Crippen LogP contribution in [0.15, 0.2) is 64.2 Å². The number of nitrogens with zero attached hydrogens (tertiary/aromatic N) is 2. The SMILES string of the molecule is Cc1cc(-c2ccco2)c(C#N)c(SCC(=O)c2ccccc2)n1. The molecule has 0 atom stereocenters. The van der Waals surface area contributed by atoms with E-state index in [1.54, 1.807) is 30.5 Å². The maximum Gasteiger partial charge on any atom is 0.173 e. The van der Waals surface area contributed by atoms with Gasteiger partial charge in [0.2, 0.25) is 0 Å². The normalized spacial score (nSPS) is 10.3. The quantitative estimate of drug-likeness (QED) is 0.508. The molecular weight excluding hydrogens is 320 g/mol. The maximum absolute atomic E-state index is 12.3. The second-order valence-corrected chi connectivity index (χ2v) is 6.12. The highest BCUT2D eigenvalue weighted by Crippen LogP contribution is 2.31. The Kier molecular flexibility index (Phi) is 4.78. The molecule has 0 N–H and O–H groups in total. The van der Waals surface area contributed by atoms with Crippen LogP contribution in [0.25, 0.3) is 11.3 Å². The highest BCUT2D eigenvalue weighted by molar-refractivity contribution is 8.00. The summed E-state index contributed by atoms with van der Waals surface area (Å²) in [4.78, 5) is 16.7. The summed E-state index contributed by atoms with van der Waals surface area (Å²) in [5.74, 6) is 0.854. The van der Waals surface area contributed by atoms with E-state index in [1.165, 1.54) is 11.8 Å². The van der Waals surface area contributed by atoms with E-state index in [-0.39, 0.29) is 11.5 Å². The second-order valence-electron chi connectivity index (χ2n) is 5.16. The molecule has 0 aliphatic heterocycles. The van der Waals surface area contributed by atoms with Gasteiger partial charge in [-0.1, -0.05) is 42.1 Å². The van der Waals surface area contributed by atoms with Crippen LogP contribution in [-0.4, -0.2) is 16.5 Å². The van der Waals surface area contributed by atoms with Crippen molar-refractivity contribution in [2.24, 2.45) is 0 Å². The van der Waals surface area contributed by atoms with Gasteiger partial charge in [0.15, 0.2) is 5.78 Å². The van der Waals surface area contributed by atoms with Gasteiger partial charge in [-0.25, -0.2) is 4.98 Å². The average Bonchev–Trinajstić information content (AvgIpc) is 3.14. The van der Waals surface area contributed by atoms with Crippen LogP contribution < -0.4 is 0 Å². The summed E-state index contributed by atoms with van der Waals surface area (Å²) in [7, 11) is 0. The van der Waals surface area contributed by atoms with Crippen molar-refractivity contribution in [1.29, 1.82) is 5.26 Å². The van der Waals surface area contributed by atoms with E-state index < -0.39 is 0 Å². The van der Waals surface area contributed by atoms with Gasteiger partial charge in [-0.3, -0.25) is 4.79 Å². The average molecular weight is 334 g/mol. The summed E-state index contributed by atoms with van der Waals surface area (Å²) in [6.45, 7) is 1.86.